The Labute approximate surface area is 177 Å². The average Bonchev–Trinajstić information content (AvgIpc) is 3.40. The quantitative estimate of drug-likeness (QED) is 0.317. The molecule has 0 bridgehead atoms. The van der Waals surface area contributed by atoms with Crippen molar-refractivity contribution in [3.63, 3.8) is 0 Å². The van der Waals surface area contributed by atoms with Crippen LogP contribution in [0.5, 0.6) is 0 Å². The predicted molar refractivity (Wildman–Crippen MR) is 123 cm³/mol. The summed E-state index contributed by atoms with van der Waals surface area (Å²) in [5.41, 5.74) is 11.6. The molecule has 1 fully saturated rings. The van der Waals surface area contributed by atoms with E-state index in [2.05, 4.69) is 53.0 Å². The summed E-state index contributed by atoms with van der Waals surface area (Å²) in [6.45, 7) is 4.76. The Balaban J connectivity index is 0.00000210. The van der Waals surface area contributed by atoms with Crippen LogP contribution in [-0.4, -0.2) is 15.5 Å². The first-order valence-corrected chi connectivity index (χ1v) is 9.27. The summed E-state index contributed by atoms with van der Waals surface area (Å²) in [4.78, 5) is 9.30. The van der Waals surface area contributed by atoms with Gasteiger partial charge in [0.1, 0.15) is 5.82 Å². The van der Waals surface area contributed by atoms with Crippen LogP contribution in [0.25, 0.3) is 11.0 Å². The molecule has 6 heteroatoms. The molecule has 1 aliphatic rings. The standard InChI is InChI=1S/C21H25N5.HI/c1-3-20-25-18-12-15(7-10-19(18)26(20)17-8-9-17)13-23-21(22)24-16-6-4-5-14(2)11-16;/h4-7,10-12,17H,3,8-9,13H2,1-2H3,(H3,22,23,24);1H. The molecule has 4 rings (SSSR count). The van der Waals surface area contributed by atoms with Gasteiger partial charge in [0.25, 0.3) is 0 Å². The van der Waals surface area contributed by atoms with Crippen molar-refractivity contribution in [2.24, 2.45) is 10.7 Å². The van der Waals surface area contributed by atoms with Gasteiger partial charge in [-0.25, -0.2) is 9.98 Å². The van der Waals surface area contributed by atoms with E-state index in [1.165, 1.54) is 29.7 Å². The molecule has 0 unspecified atom stereocenters. The van der Waals surface area contributed by atoms with E-state index in [4.69, 9.17) is 10.7 Å². The van der Waals surface area contributed by atoms with Crippen LogP contribution in [0.1, 0.15) is 42.8 Å². The second-order valence-electron chi connectivity index (χ2n) is 7.00. The summed E-state index contributed by atoms with van der Waals surface area (Å²) in [7, 11) is 0. The third-order valence-electron chi connectivity index (χ3n) is 4.78. The van der Waals surface area contributed by atoms with Gasteiger partial charge in [0.2, 0.25) is 0 Å². The number of aliphatic imine (C=N–C) groups is 1. The Kier molecular flexibility index (Phi) is 6.04. The minimum atomic E-state index is 0. The van der Waals surface area contributed by atoms with E-state index in [-0.39, 0.29) is 24.0 Å². The summed E-state index contributed by atoms with van der Waals surface area (Å²) in [6.07, 6.45) is 3.50. The van der Waals surface area contributed by atoms with Crippen LogP contribution >= 0.6 is 24.0 Å². The number of fused-ring (bicyclic) bond motifs is 1. The lowest BCUT2D eigenvalue weighted by Crippen LogP contribution is -2.22. The molecule has 1 aliphatic carbocycles. The number of nitrogens with zero attached hydrogens (tertiary/aromatic N) is 3. The van der Waals surface area contributed by atoms with Gasteiger partial charge >= 0.3 is 0 Å². The van der Waals surface area contributed by atoms with Crippen LogP contribution in [0.4, 0.5) is 5.69 Å². The Morgan fingerprint density at radius 2 is 2.07 bits per heavy atom. The number of anilines is 1. The Morgan fingerprint density at radius 1 is 1.26 bits per heavy atom. The number of hydrogen-bond donors (Lipinski definition) is 2. The molecule has 5 nitrogen and oxygen atoms in total. The van der Waals surface area contributed by atoms with Crippen molar-refractivity contribution in [2.75, 3.05) is 5.32 Å². The SMILES string of the molecule is CCc1nc2cc(CN=C(N)Nc3cccc(C)c3)ccc2n1C1CC1.I. The molecule has 0 saturated heterocycles. The molecular weight excluding hydrogens is 449 g/mol. The van der Waals surface area contributed by atoms with Crippen molar-refractivity contribution < 1.29 is 0 Å². The predicted octanol–water partition coefficient (Wildman–Crippen LogP) is 4.79. The molecule has 0 atom stereocenters. The largest absolute Gasteiger partial charge is 0.370 e. The van der Waals surface area contributed by atoms with E-state index in [1.807, 2.05) is 18.2 Å². The molecule has 3 N–H and O–H groups in total. The van der Waals surface area contributed by atoms with Gasteiger partial charge in [-0.15, -0.1) is 24.0 Å². The Hall–Kier alpha value is -2.09. The Morgan fingerprint density at radius 3 is 2.78 bits per heavy atom. The molecule has 0 aliphatic heterocycles. The number of rotatable bonds is 5. The highest BCUT2D eigenvalue weighted by molar-refractivity contribution is 14.0. The zero-order valence-electron chi connectivity index (χ0n) is 15.8. The first-order valence-electron chi connectivity index (χ1n) is 9.27. The molecular formula is C21H26IN5. The lowest BCUT2D eigenvalue weighted by atomic mass is 10.2. The molecule has 1 heterocycles. The third-order valence-corrected chi connectivity index (χ3v) is 4.78. The van der Waals surface area contributed by atoms with Crippen LogP contribution in [0.3, 0.4) is 0 Å². The third kappa shape index (κ3) is 4.43. The Bertz CT molecular complexity index is 972. The van der Waals surface area contributed by atoms with Gasteiger partial charge in [0.15, 0.2) is 5.96 Å². The first-order chi connectivity index (χ1) is 12.6. The highest BCUT2D eigenvalue weighted by atomic mass is 127. The number of nitrogens with two attached hydrogens (primary N) is 1. The van der Waals surface area contributed by atoms with Crippen molar-refractivity contribution in [2.45, 2.75) is 45.7 Å². The summed E-state index contributed by atoms with van der Waals surface area (Å²) in [5.74, 6) is 1.61. The summed E-state index contributed by atoms with van der Waals surface area (Å²) in [6, 6.07) is 15.2. The van der Waals surface area contributed by atoms with Crippen molar-refractivity contribution in [3.05, 3.63) is 59.4 Å². The molecule has 0 amide bonds. The molecule has 27 heavy (non-hydrogen) atoms. The number of benzene rings is 2. The van der Waals surface area contributed by atoms with Crippen molar-refractivity contribution >= 4 is 46.7 Å². The maximum absolute atomic E-state index is 6.03. The molecule has 0 radical (unpaired) electrons. The molecule has 0 spiro atoms. The normalized spacial score (nSPS) is 14.2. The highest BCUT2D eigenvalue weighted by Crippen LogP contribution is 2.38. The number of halogens is 1. The minimum absolute atomic E-state index is 0. The van der Waals surface area contributed by atoms with E-state index in [0.29, 0.717) is 18.5 Å². The van der Waals surface area contributed by atoms with Crippen molar-refractivity contribution in [1.82, 2.24) is 9.55 Å². The number of imidazole rings is 1. The number of hydrogen-bond acceptors (Lipinski definition) is 2. The first kappa shape index (κ1) is 19.7. The number of nitrogens with one attached hydrogen (secondary N) is 1. The van der Waals surface area contributed by atoms with E-state index in [1.54, 1.807) is 0 Å². The number of aromatic nitrogens is 2. The van der Waals surface area contributed by atoms with Gasteiger partial charge < -0.3 is 15.6 Å². The van der Waals surface area contributed by atoms with E-state index in [9.17, 15) is 0 Å². The van der Waals surface area contributed by atoms with Gasteiger partial charge in [0, 0.05) is 18.2 Å². The average molecular weight is 475 g/mol. The number of aryl methyl sites for hydroxylation is 2. The zero-order valence-corrected chi connectivity index (χ0v) is 18.1. The lowest BCUT2D eigenvalue weighted by molar-refractivity contribution is 0.708. The van der Waals surface area contributed by atoms with Gasteiger partial charge in [-0.3, -0.25) is 0 Å². The zero-order chi connectivity index (χ0) is 18.1. The van der Waals surface area contributed by atoms with Crippen LogP contribution in [-0.2, 0) is 13.0 Å². The fourth-order valence-electron chi connectivity index (χ4n) is 3.37. The smallest absolute Gasteiger partial charge is 0.193 e. The summed E-state index contributed by atoms with van der Waals surface area (Å²) >= 11 is 0. The minimum Gasteiger partial charge on any atom is -0.370 e. The van der Waals surface area contributed by atoms with Gasteiger partial charge in [-0.05, 0) is 55.2 Å². The molecule has 3 aromatic rings. The van der Waals surface area contributed by atoms with Crippen molar-refractivity contribution in [3.8, 4) is 0 Å². The van der Waals surface area contributed by atoms with E-state index in [0.717, 1.165) is 23.2 Å². The molecule has 142 valence electrons. The van der Waals surface area contributed by atoms with Crippen LogP contribution in [0, 0.1) is 6.92 Å². The van der Waals surface area contributed by atoms with Gasteiger partial charge in [0.05, 0.1) is 17.6 Å². The van der Waals surface area contributed by atoms with Crippen LogP contribution in [0.15, 0.2) is 47.5 Å². The summed E-state index contributed by atoms with van der Waals surface area (Å²) < 4.78 is 2.41. The van der Waals surface area contributed by atoms with Gasteiger partial charge in [-0.1, -0.05) is 25.1 Å². The lowest BCUT2D eigenvalue weighted by Gasteiger charge is -2.07. The van der Waals surface area contributed by atoms with Gasteiger partial charge in [-0.2, -0.15) is 0 Å². The fourth-order valence-corrected chi connectivity index (χ4v) is 3.37. The molecule has 1 saturated carbocycles. The van der Waals surface area contributed by atoms with Crippen LogP contribution in [0.2, 0.25) is 0 Å². The number of guanidine groups is 1. The fraction of sp³-hybridized carbons (Fsp3) is 0.333. The molecule has 1 aromatic heterocycles. The monoisotopic (exact) mass is 475 g/mol. The second kappa shape index (κ2) is 8.29. The van der Waals surface area contributed by atoms with E-state index >= 15 is 0 Å². The van der Waals surface area contributed by atoms with E-state index < -0.39 is 0 Å². The second-order valence-corrected chi connectivity index (χ2v) is 7.00. The topological polar surface area (TPSA) is 68.2 Å². The maximum atomic E-state index is 6.03. The van der Waals surface area contributed by atoms with Crippen molar-refractivity contribution in [1.29, 1.82) is 0 Å². The summed E-state index contributed by atoms with van der Waals surface area (Å²) in [5, 5.41) is 3.14. The van der Waals surface area contributed by atoms with Crippen LogP contribution < -0.4 is 11.1 Å². The highest BCUT2D eigenvalue weighted by Gasteiger charge is 2.27. The molecule has 2 aromatic carbocycles. The maximum Gasteiger partial charge on any atom is 0.193 e.